The predicted octanol–water partition coefficient (Wildman–Crippen LogP) is 3.58. The second kappa shape index (κ2) is 4.69. The average molecular weight is 296 g/mol. The molecule has 1 aromatic heterocycles. The summed E-state index contributed by atoms with van der Waals surface area (Å²) in [7, 11) is 0. The van der Waals surface area contributed by atoms with Crippen LogP contribution in [-0.2, 0) is 11.2 Å². The Morgan fingerprint density at radius 3 is 3.05 bits per heavy atom. The summed E-state index contributed by atoms with van der Waals surface area (Å²) >= 11 is 7.76. The van der Waals surface area contributed by atoms with Gasteiger partial charge in [-0.05, 0) is 35.6 Å². The van der Waals surface area contributed by atoms with Crippen LogP contribution in [0.5, 0.6) is 0 Å². The third-order valence-corrected chi connectivity index (χ3v) is 4.99. The topological polar surface area (TPSA) is 49.3 Å². The molecule has 0 bridgehead atoms. The van der Waals surface area contributed by atoms with E-state index in [1.165, 1.54) is 15.1 Å². The second-order valence-electron chi connectivity index (χ2n) is 4.90. The summed E-state index contributed by atoms with van der Waals surface area (Å²) in [6.07, 6.45) is 0.0627. The second-order valence-corrected chi connectivity index (χ2v) is 6.46. The third-order valence-electron chi connectivity index (χ3n) is 3.53. The Balaban J connectivity index is 2.26. The molecule has 1 atom stereocenters. The highest BCUT2D eigenvalue weighted by atomic mass is 35.5. The van der Waals surface area contributed by atoms with Crippen molar-refractivity contribution in [2.75, 3.05) is 17.7 Å². The van der Waals surface area contributed by atoms with Crippen LogP contribution in [0.3, 0.4) is 0 Å². The highest BCUT2D eigenvalue weighted by molar-refractivity contribution is 7.19. The van der Waals surface area contributed by atoms with Crippen LogP contribution < -0.4 is 5.32 Å². The molecule has 0 saturated heterocycles. The quantitative estimate of drug-likeness (QED) is 0.851. The maximum Gasteiger partial charge on any atom is 0.307 e. The maximum absolute atomic E-state index is 11.0. The first-order chi connectivity index (χ1) is 9.10. The van der Waals surface area contributed by atoms with Gasteiger partial charge in [-0.15, -0.1) is 22.9 Å². The minimum absolute atomic E-state index is 0.0627. The van der Waals surface area contributed by atoms with E-state index in [1.807, 2.05) is 6.07 Å². The molecule has 0 radical (unpaired) electrons. The molecular formula is C14H14ClNO2S. The number of carboxylic acids is 1. The van der Waals surface area contributed by atoms with Crippen LogP contribution in [0.4, 0.5) is 5.69 Å². The van der Waals surface area contributed by atoms with E-state index >= 15 is 0 Å². The number of carbonyl (C=O) groups is 1. The first kappa shape index (κ1) is 12.8. The van der Waals surface area contributed by atoms with Gasteiger partial charge in [0.05, 0.1) is 6.42 Å². The Hall–Kier alpha value is -1.26. The van der Waals surface area contributed by atoms with E-state index in [-0.39, 0.29) is 6.42 Å². The largest absolute Gasteiger partial charge is 0.481 e. The highest BCUT2D eigenvalue weighted by Gasteiger charge is 2.26. The Morgan fingerprint density at radius 2 is 2.37 bits per heavy atom. The molecular weight excluding hydrogens is 282 g/mol. The number of hydrogen-bond acceptors (Lipinski definition) is 3. The van der Waals surface area contributed by atoms with Gasteiger partial charge in [-0.25, -0.2) is 0 Å². The number of hydrogen-bond donors (Lipinski definition) is 2. The molecule has 0 unspecified atom stereocenters. The van der Waals surface area contributed by atoms with Crippen LogP contribution >= 0.6 is 22.9 Å². The van der Waals surface area contributed by atoms with Crippen molar-refractivity contribution in [2.45, 2.75) is 19.3 Å². The number of benzene rings is 1. The van der Waals surface area contributed by atoms with Gasteiger partial charge in [0.25, 0.3) is 0 Å². The fraction of sp³-hybridized carbons (Fsp3) is 0.357. The van der Waals surface area contributed by atoms with Crippen molar-refractivity contribution in [1.82, 2.24) is 0 Å². The number of alkyl halides is 1. The number of aryl methyl sites for hydroxylation is 1. The number of anilines is 1. The molecule has 2 aromatic rings. The van der Waals surface area contributed by atoms with Gasteiger partial charge in [0.15, 0.2) is 0 Å². The van der Waals surface area contributed by atoms with E-state index in [1.54, 1.807) is 11.3 Å². The summed E-state index contributed by atoms with van der Waals surface area (Å²) in [4.78, 5) is 12.2. The van der Waals surface area contributed by atoms with E-state index in [0.717, 1.165) is 23.2 Å². The number of thiophene rings is 1. The fourth-order valence-electron chi connectivity index (χ4n) is 2.73. The van der Waals surface area contributed by atoms with Gasteiger partial charge in [-0.3, -0.25) is 4.79 Å². The van der Waals surface area contributed by atoms with Crippen LogP contribution in [0.1, 0.15) is 21.9 Å². The summed E-state index contributed by atoms with van der Waals surface area (Å²) < 4.78 is 1.20. The Kier molecular flexibility index (Phi) is 3.15. The van der Waals surface area contributed by atoms with Crippen LogP contribution in [0.25, 0.3) is 10.1 Å². The van der Waals surface area contributed by atoms with Gasteiger partial charge in [0, 0.05) is 33.6 Å². The number of fused-ring (bicyclic) bond motifs is 3. The molecule has 0 amide bonds. The molecule has 19 heavy (non-hydrogen) atoms. The van der Waals surface area contributed by atoms with E-state index in [2.05, 4.69) is 18.3 Å². The zero-order valence-electron chi connectivity index (χ0n) is 10.5. The normalized spacial score (nSPS) is 17.5. The number of nitrogens with one attached hydrogen (secondary N) is 1. The van der Waals surface area contributed by atoms with Crippen molar-refractivity contribution in [1.29, 1.82) is 0 Å². The Morgan fingerprint density at radius 1 is 1.58 bits per heavy atom. The van der Waals surface area contributed by atoms with Crippen molar-refractivity contribution in [3.05, 3.63) is 28.1 Å². The van der Waals surface area contributed by atoms with Gasteiger partial charge in [0.1, 0.15) is 0 Å². The standard InChI is InChI=1S/C14H14ClNO2S/c1-7-2-10-8(4-12(17)18)3-11-13(14(10)19-7)9(5-15)6-16-11/h2-3,9,16H,4-6H2,1H3,(H,17,18)/t9-/m1/s1. The molecule has 0 aliphatic carbocycles. The van der Waals surface area contributed by atoms with Crippen molar-refractivity contribution in [2.24, 2.45) is 0 Å². The monoisotopic (exact) mass is 295 g/mol. The molecule has 1 aromatic carbocycles. The van der Waals surface area contributed by atoms with Gasteiger partial charge in [-0.1, -0.05) is 0 Å². The molecule has 2 heterocycles. The third kappa shape index (κ3) is 2.09. The summed E-state index contributed by atoms with van der Waals surface area (Å²) in [5.74, 6) is 0.109. The number of aliphatic carboxylic acids is 1. The maximum atomic E-state index is 11.0. The van der Waals surface area contributed by atoms with Crippen LogP contribution in [0, 0.1) is 6.92 Å². The smallest absolute Gasteiger partial charge is 0.307 e. The minimum atomic E-state index is -0.794. The number of rotatable bonds is 3. The van der Waals surface area contributed by atoms with Gasteiger partial charge < -0.3 is 10.4 Å². The lowest BCUT2D eigenvalue weighted by Gasteiger charge is -2.09. The van der Waals surface area contributed by atoms with Gasteiger partial charge >= 0.3 is 5.97 Å². The van der Waals surface area contributed by atoms with E-state index in [9.17, 15) is 4.79 Å². The van der Waals surface area contributed by atoms with Crippen LogP contribution in [0.2, 0.25) is 0 Å². The minimum Gasteiger partial charge on any atom is -0.481 e. The molecule has 0 saturated carbocycles. The Labute approximate surface area is 120 Å². The average Bonchev–Trinajstić information content (AvgIpc) is 2.90. The van der Waals surface area contributed by atoms with E-state index < -0.39 is 5.97 Å². The summed E-state index contributed by atoms with van der Waals surface area (Å²) in [5, 5.41) is 13.5. The number of carboxylic acid groups (broad SMARTS) is 1. The highest BCUT2D eigenvalue weighted by Crippen LogP contribution is 2.43. The molecule has 0 spiro atoms. The summed E-state index contributed by atoms with van der Waals surface area (Å²) in [6.45, 7) is 2.89. The molecule has 2 N–H and O–H groups in total. The SMILES string of the molecule is Cc1cc2c(CC(=O)O)cc3c(c2s1)[C@H](CCl)CN3. The fourth-order valence-corrected chi connectivity index (χ4v) is 4.18. The molecule has 3 rings (SSSR count). The summed E-state index contributed by atoms with van der Waals surface area (Å²) in [5.41, 5.74) is 3.20. The molecule has 5 heteroatoms. The lowest BCUT2D eigenvalue weighted by molar-refractivity contribution is -0.136. The van der Waals surface area contributed by atoms with Crippen LogP contribution in [0.15, 0.2) is 12.1 Å². The van der Waals surface area contributed by atoms with Crippen molar-refractivity contribution >= 4 is 44.7 Å². The molecule has 1 aliphatic rings. The molecule has 100 valence electrons. The van der Waals surface area contributed by atoms with Gasteiger partial charge in [0.2, 0.25) is 0 Å². The molecule has 1 aliphatic heterocycles. The van der Waals surface area contributed by atoms with Crippen LogP contribution in [-0.4, -0.2) is 23.5 Å². The summed E-state index contributed by atoms with van der Waals surface area (Å²) in [6, 6.07) is 4.06. The van der Waals surface area contributed by atoms with Crippen molar-refractivity contribution in [3.63, 3.8) is 0 Å². The Bertz CT molecular complexity index is 665. The lowest BCUT2D eigenvalue weighted by atomic mass is 9.97. The van der Waals surface area contributed by atoms with Gasteiger partial charge in [-0.2, -0.15) is 0 Å². The molecule has 0 fully saturated rings. The predicted molar refractivity (Wildman–Crippen MR) is 79.9 cm³/mol. The molecule has 3 nitrogen and oxygen atoms in total. The number of halogens is 1. The zero-order valence-corrected chi connectivity index (χ0v) is 12.1. The first-order valence-electron chi connectivity index (χ1n) is 6.17. The van der Waals surface area contributed by atoms with Crippen molar-refractivity contribution in [3.8, 4) is 0 Å². The van der Waals surface area contributed by atoms with E-state index in [0.29, 0.717) is 11.8 Å². The lowest BCUT2D eigenvalue weighted by Crippen LogP contribution is -2.02. The zero-order chi connectivity index (χ0) is 13.6. The van der Waals surface area contributed by atoms with Crippen molar-refractivity contribution < 1.29 is 9.90 Å². The van der Waals surface area contributed by atoms with E-state index in [4.69, 9.17) is 16.7 Å². The first-order valence-corrected chi connectivity index (χ1v) is 7.52.